The van der Waals surface area contributed by atoms with Gasteiger partial charge in [0.1, 0.15) is 5.60 Å². The third-order valence-electron chi connectivity index (χ3n) is 7.36. The maximum atomic E-state index is 13.3. The molecule has 0 aliphatic heterocycles. The number of nitrogens with one attached hydrogen (secondary N) is 2. The minimum Gasteiger partial charge on any atom is -0.385 e. The van der Waals surface area contributed by atoms with Crippen LogP contribution in [-0.4, -0.2) is 44.4 Å². The molecule has 2 aromatic carbocycles. The van der Waals surface area contributed by atoms with Crippen molar-refractivity contribution in [3.8, 4) is 0 Å². The molecule has 2 atom stereocenters. The molecule has 0 bridgehead atoms. The van der Waals surface area contributed by atoms with Crippen molar-refractivity contribution in [2.24, 2.45) is 5.92 Å². The van der Waals surface area contributed by atoms with E-state index in [0.717, 1.165) is 42.5 Å². The molecule has 35 heavy (non-hydrogen) atoms. The highest BCUT2D eigenvalue weighted by atomic mass is 16.5. The number of methoxy groups -OCH3 is 1. The molecule has 5 heteroatoms. The number of rotatable bonds is 13. The highest BCUT2D eigenvalue weighted by Gasteiger charge is 2.32. The summed E-state index contributed by atoms with van der Waals surface area (Å²) in [6, 6.07) is 15.7. The Balaban J connectivity index is 1.80. The van der Waals surface area contributed by atoms with Gasteiger partial charge in [-0.1, -0.05) is 74.1 Å². The number of hydrogen-bond acceptors (Lipinski definition) is 4. The number of carbonyl (C=O) groups is 1. The van der Waals surface area contributed by atoms with E-state index in [1.54, 1.807) is 7.11 Å². The fourth-order valence-electron chi connectivity index (χ4n) is 5.44. The molecule has 1 fully saturated rings. The number of ether oxygens (including phenoxy) is 1. The topological polar surface area (TPSA) is 70.6 Å². The second-order valence-electron chi connectivity index (χ2n) is 10.2. The lowest BCUT2D eigenvalue weighted by atomic mass is 9.81. The molecule has 1 amide bonds. The van der Waals surface area contributed by atoms with Crippen molar-refractivity contribution in [3.63, 3.8) is 0 Å². The van der Waals surface area contributed by atoms with Gasteiger partial charge in [0.2, 0.25) is 0 Å². The predicted octanol–water partition coefficient (Wildman–Crippen LogP) is 5.34. The third-order valence-corrected chi connectivity index (χ3v) is 7.36. The van der Waals surface area contributed by atoms with Gasteiger partial charge in [0.15, 0.2) is 0 Å². The van der Waals surface area contributed by atoms with E-state index in [9.17, 15) is 9.90 Å². The van der Waals surface area contributed by atoms with E-state index in [-0.39, 0.29) is 11.9 Å². The average molecular weight is 481 g/mol. The van der Waals surface area contributed by atoms with E-state index < -0.39 is 5.60 Å². The molecule has 0 aromatic heterocycles. The van der Waals surface area contributed by atoms with E-state index in [4.69, 9.17) is 4.74 Å². The second kappa shape index (κ2) is 13.8. The van der Waals surface area contributed by atoms with Crippen LogP contribution in [0.15, 0.2) is 48.5 Å². The van der Waals surface area contributed by atoms with Gasteiger partial charge in [-0.15, -0.1) is 0 Å². The number of aliphatic hydroxyl groups is 1. The first-order valence-corrected chi connectivity index (χ1v) is 13.3. The van der Waals surface area contributed by atoms with Crippen LogP contribution in [-0.2, 0) is 10.3 Å². The lowest BCUT2D eigenvalue weighted by Crippen LogP contribution is -2.42. The van der Waals surface area contributed by atoms with Crippen LogP contribution in [0.25, 0.3) is 0 Å². The largest absolute Gasteiger partial charge is 0.385 e. The molecule has 0 spiro atoms. The average Bonchev–Trinajstić information content (AvgIpc) is 2.87. The minimum absolute atomic E-state index is 0.0751. The Bertz CT molecular complexity index is 925. The van der Waals surface area contributed by atoms with Crippen LogP contribution in [0.2, 0.25) is 0 Å². The first kappa shape index (κ1) is 27.4. The normalized spacial score (nSPS) is 17.0. The van der Waals surface area contributed by atoms with Gasteiger partial charge in [0.05, 0.1) is 0 Å². The summed E-state index contributed by atoms with van der Waals surface area (Å²) < 4.78 is 5.21. The molecule has 192 valence electrons. The van der Waals surface area contributed by atoms with Gasteiger partial charge in [-0.3, -0.25) is 4.79 Å². The van der Waals surface area contributed by atoms with Crippen molar-refractivity contribution in [2.45, 2.75) is 76.4 Å². The predicted molar refractivity (Wildman–Crippen MR) is 143 cm³/mol. The highest BCUT2D eigenvalue weighted by Crippen LogP contribution is 2.35. The summed E-state index contributed by atoms with van der Waals surface area (Å²) in [7, 11) is 3.64. The molecular weight excluding hydrogens is 436 g/mol. The van der Waals surface area contributed by atoms with Crippen molar-refractivity contribution in [3.05, 3.63) is 70.8 Å². The van der Waals surface area contributed by atoms with E-state index in [0.29, 0.717) is 24.5 Å². The lowest BCUT2D eigenvalue weighted by molar-refractivity contribution is 0.0649. The van der Waals surface area contributed by atoms with Gasteiger partial charge in [-0.2, -0.15) is 0 Å². The van der Waals surface area contributed by atoms with Crippen LogP contribution in [0.4, 0.5) is 0 Å². The zero-order valence-electron chi connectivity index (χ0n) is 21.8. The smallest absolute Gasteiger partial charge is 0.251 e. The van der Waals surface area contributed by atoms with Crippen LogP contribution >= 0.6 is 0 Å². The minimum atomic E-state index is -1.16. The van der Waals surface area contributed by atoms with Crippen LogP contribution in [0.5, 0.6) is 0 Å². The fraction of sp³-hybridized carbons (Fsp3) is 0.567. The molecule has 0 unspecified atom stereocenters. The fourth-order valence-corrected chi connectivity index (χ4v) is 5.44. The summed E-state index contributed by atoms with van der Waals surface area (Å²) in [6.07, 6.45) is 9.73. The van der Waals surface area contributed by atoms with Crippen molar-refractivity contribution in [2.75, 3.05) is 27.3 Å². The molecular formula is C30H44N2O3. The van der Waals surface area contributed by atoms with Gasteiger partial charge < -0.3 is 20.5 Å². The number of hydrogen-bond donors (Lipinski definition) is 3. The van der Waals surface area contributed by atoms with E-state index >= 15 is 0 Å². The van der Waals surface area contributed by atoms with Crippen LogP contribution in [0.3, 0.4) is 0 Å². The number of amides is 1. The zero-order chi connectivity index (χ0) is 25.1. The Kier molecular flexibility index (Phi) is 10.8. The molecule has 3 N–H and O–H groups in total. The van der Waals surface area contributed by atoms with E-state index in [1.165, 1.54) is 32.1 Å². The standard InChI is InChI=1S/C30H44N2O3/c1-23-11-9-15-26(19-23)30(34,17-7-8-18-35-3)27-16-10-14-25(21-27)29(33)32-28(22-31-2)20-24-12-5-4-6-13-24/h9-11,14-16,19,21,24,28,31,34H,4-8,12-13,17-18,20,22H2,1-3H3,(H,32,33)/t28-,30+/m0/s1. The molecule has 1 saturated carbocycles. The molecule has 1 aliphatic carbocycles. The van der Waals surface area contributed by atoms with Gasteiger partial charge >= 0.3 is 0 Å². The zero-order valence-corrected chi connectivity index (χ0v) is 21.8. The number of aryl methyl sites for hydroxylation is 1. The van der Waals surface area contributed by atoms with Crippen molar-refractivity contribution in [1.29, 1.82) is 0 Å². The first-order chi connectivity index (χ1) is 17.0. The maximum Gasteiger partial charge on any atom is 0.251 e. The van der Waals surface area contributed by atoms with Crippen LogP contribution in [0, 0.1) is 12.8 Å². The van der Waals surface area contributed by atoms with Gasteiger partial charge in [-0.05, 0) is 68.8 Å². The third kappa shape index (κ3) is 7.89. The molecule has 5 nitrogen and oxygen atoms in total. The number of unbranched alkanes of at least 4 members (excludes halogenated alkanes) is 1. The summed E-state index contributed by atoms with van der Waals surface area (Å²) in [5, 5.41) is 18.5. The monoisotopic (exact) mass is 480 g/mol. The first-order valence-electron chi connectivity index (χ1n) is 13.3. The summed E-state index contributed by atoms with van der Waals surface area (Å²) >= 11 is 0. The Hall–Kier alpha value is -2.21. The quantitative estimate of drug-likeness (QED) is 0.339. The van der Waals surface area contributed by atoms with Crippen molar-refractivity contribution < 1.29 is 14.6 Å². The molecule has 2 aromatic rings. The van der Waals surface area contributed by atoms with Crippen LogP contribution < -0.4 is 10.6 Å². The van der Waals surface area contributed by atoms with Crippen molar-refractivity contribution in [1.82, 2.24) is 10.6 Å². The summed E-state index contributed by atoms with van der Waals surface area (Å²) in [6.45, 7) is 3.46. The van der Waals surface area contributed by atoms with E-state index in [1.807, 2.05) is 62.5 Å². The number of benzene rings is 2. The second-order valence-corrected chi connectivity index (χ2v) is 10.2. The summed E-state index contributed by atoms with van der Waals surface area (Å²) in [5.74, 6) is 0.612. The Morgan fingerprint density at radius 1 is 1.09 bits per heavy atom. The Morgan fingerprint density at radius 3 is 2.49 bits per heavy atom. The van der Waals surface area contributed by atoms with Gasteiger partial charge in [0.25, 0.3) is 5.91 Å². The highest BCUT2D eigenvalue weighted by molar-refractivity contribution is 5.94. The molecule has 3 rings (SSSR count). The van der Waals surface area contributed by atoms with Gasteiger partial charge in [0, 0.05) is 31.9 Å². The maximum absolute atomic E-state index is 13.3. The molecule has 0 heterocycles. The Morgan fingerprint density at radius 2 is 1.80 bits per heavy atom. The van der Waals surface area contributed by atoms with Crippen molar-refractivity contribution >= 4 is 5.91 Å². The van der Waals surface area contributed by atoms with Crippen LogP contribution in [0.1, 0.15) is 84.8 Å². The number of likely N-dealkylation sites (N-methyl/N-ethyl adjacent to an activating group) is 1. The van der Waals surface area contributed by atoms with E-state index in [2.05, 4.69) is 10.6 Å². The molecule has 0 saturated heterocycles. The molecule has 0 radical (unpaired) electrons. The van der Waals surface area contributed by atoms with Gasteiger partial charge in [-0.25, -0.2) is 0 Å². The summed E-state index contributed by atoms with van der Waals surface area (Å²) in [4.78, 5) is 13.3. The SMILES string of the molecule is CNC[C@H](CC1CCCCC1)NC(=O)c1cccc([C@@](O)(CCCCOC)c2cccc(C)c2)c1. The Labute approximate surface area is 211 Å². The number of carbonyl (C=O) groups excluding carboxylic acids is 1. The lowest BCUT2D eigenvalue weighted by Gasteiger charge is -2.30. The molecule has 1 aliphatic rings. The summed E-state index contributed by atoms with van der Waals surface area (Å²) in [5.41, 5.74) is 2.14.